The van der Waals surface area contributed by atoms with Gasteiger partial charge >= 0.3 is 0 Å². The number of aromatic nitrogens is 2. The molecule has 94 valence electrons. The summed E-state index contributed by atoms with van der Waals surface area (Å²) in [5.74, 6) is 1.20. The third-order valence-corrected chi connectivity index (χ3v) is 4.66. The second kappa shape index (κ2) is 4.92. The Balaban J connectivity index is 2.14. The van der Waals surface area contributed by atoms with Crippen LogP contribution in [-0.2, 0) is 17.8 Å². The minimum Gasteiger partial charge on any atom is -0.299 e. The van der Waals surface area contributed by atoms with Crippen molar-refractivity contribution in [2.45, 2.75) is 46.6 Å². The summed E-state index contributed by atoms with van der Waals surface area (Å²) in [5.41, 5.74) is 2.00. The summed E-state index contributed by atoms with van der Waals surface area (Å²) in [6.45, 7) is 6.89. The first-order valence-electron chi connectivity index (χ1n) is 6.29. The van der Waals surface area contributed by atoms with Crippen LogP contribution in [0.3, 0.4) is 0 Å². The molecule has 0 bridgehead atoms. The van der Waals surface area contributed by atoms with E-state index in [2.05, 4.69) is 34.9 Å². The van der Waals surface area contributed by atoms with Crippen molar-refractivity contribution in [3.63, 3.8) is 0 Å². The van der Waals surface area contributed by atoms with Crippen LogP contribution in [0.4, 0.5) is 0 Å². The average molecular weight is 299 g/mol. The standard InChI is InChI=1S/C13H19BrN2O/c1-4-16-11(13(14)9(3)15-16)7-12(17)8(2)10-5-6-10/h8,10H,4-7H2,1-3H3. The minimum absolute atomic E-state index is 0.211. The van der Waals surface area contributed by atoms with Crippen LogP contribution in [0, 0.1) is 18.8 Å². The number of hydrogen-bond donors (Lipinski definition) is 0. The van der Waals surface area contributed by atoms with Crippen molar-refractivity contribution in [3.05, 3.63) is 15.9 Å². The smallest absolute Gasteiger partial charge is 0.141 e. The minimum atomic E-state index is 0.211. The number of ketones is 1. The van der Waals surface area contributed by atoms with E-state index in [1.807, 2.05) is 11.6 Å². The van der Waals surface area contributed by atoms with Crippen molar-refractivity contribution in [1.29, 1.82) is 0 Å². The van der Waals surface area contributed by atoms with Crippen molar-refractivity contribution < 1.29 is 4.79 Å². The number of carbonyl (C=O) groups excluding carboxylic acids is 1. The van der Waals surface area contributed by atoms with Gasteiger partial charge in [-0.2, -0.15) is 5.10 Å². The van der Waals surface area contributed by atoms with Crippen LogP contribution in [0.5, 0.6) is 0 Å². The van der Waals surface area contributed by atoms with Crippen molar-refractivity contribution in [1.82, 2.24) is 9.78 Å². The molecule has 0 saturated heterocycles. The Morgan fingerprint density at radius 2 is 2.24 bits per heavy atom. The number of carbonyl (C=O) groups is 1. The molecule has 1 aromatic rings. The Morgan fingerprint density at radius 3 is 2.76 bits per heavy atom. The SMILES string of the molecule is CCn1nc(C)c(Br)c1CC(=O)C(C)C1CC1. The van der Waals surface area contributed by atoms with Crippen molar-refractivity contribution in [2.24, 2.45) is 11.8 Å². The number of Topliss-reactive ketones (excluding diaryl/α,β-unsaturated/α-hetero) is 1. The molecule has 3 nitrogen and oxygen atoms in total. The van der Waals surface area contributed by atoms with Gasteiger partial charge in [-0.05, 0) is 48.5 Å². The van der Waals surface area contributed by atoms with E-state index in [1.165, 1.54) is 12.8 Å². The molecule has 1 atom stereocenters. The molecular weight excluding hydrogens is 280 g/mol. The first-order valence-corrected chi connectivity index (χ1v) is 7.08. The predicted molar refractivity (Wildman–Crippen MR) is 70.9 cm³/mol. The maximum atomic E-state index is 12.2. The normalized spacial score (nSPS) is 17.2. The van der Waals surface area contributed by atoms with Gasteiger partial charge in [0.1, 0.15) is 5.78 Å². The second-order valence-corrected chi connectivity index (χ2v) is 5.72. The average Bonchev–Trinajstić information content (AvgIpc) is 3.11. The Labute approximate surface area is 111 Å². The quantitative estimate of drug-likeness (QED) is 0.837. The molecule has 1 saturated carbocycles. The lowest BCUT2D eigenvalue weighted by atomic mass is 9.97. The largest absolute Gasteiger partial charge is 0.299 e. The van der Waals surface area contributed by atoms with Crippen LogP contribution in [0.2, 0.25) is 0 Å². The molecule has 0 amide bonds. The zero-order chi connectivity index (χ0) is 12.6. The third kappa shape index (κ3) is 2.62. The lowest BCUT2D eigenvalue weighted by Crippen LogP contribution is -2.18. The molecule has 2 rings (SSSR count). The molecule has 0 radical (unpaired) electrons. The summed E-state index contributed by atoms with van der Waals surface area (Å²) >= 11 is 3.54. The van der Waals surface area contributed by atoms with Gasteiger partial charge < -0.3 is 0 Å². The van der Waals surface area contributed by atoms with E-state index in [0.29, 0.717) is 18.1 Å². The molecule has 1 aliphatic carbocycles. The Kier molecular flexibility index (Phi) is 3.71. The van der Waals surface area contributed by atoms with Gasteiger partial charge in [0, 0.05) is 18.9 Å². The van der Waals surface area contributed by atoms with E-state index in [9.17, 15) is 4.79 Å². The van der Waals surface area contributed by atoms with Crippen molar-refractivity contribution in [3.8, 4) is 0 Å². The molecule has 1 heterocycles. The van der Waals surface area contributed by atoms with E-state index in [-0.39, 0.29) is 5.92 Å². The maximum absolute atomic E-state index is 12.2. The second-order valence-electron chi connectivity index (χ2n) is 4.93. The number of hydrogen-bond acceptors (Lipinski definition) is 2. The van der Waals surface area contributed by atoms with E-state index in [4.69, 9.17) is 0 Å². The highest BCUT2D eigenvalue weighted by atomic mass is 79.9. The van der Waals surface area contributed by atoms with Crippen LogP contribution in [0.15, 0.2) is 4.47 Å². The highest BCUT2D eigenvalue weighted by molar-refractivity contribution is 9.10. The number of aryl methyl sites for hydroxylation is 2. The van der Waals surface area contributed by atoms with Crippen molar-refractivity contribution in [2.75, 3.05) is 0 Å². The maximum Gasteiger partial charge on any atom is 0.141 e. The van der Waals surface area contributed by atoms with E-state index in [0.717, 1.165) is 22.4 Å². The van der Waals surface area contributed by atoms with Gasteiger partial charge in [0.25, 0.3) is 0 Å². The Morgan fingerprint density at radius 1 is 1.59 bits per heavy atom. The van der Waals surface area contributed by atoms with Gasteiger partial charge in [0.15, 0.2) is 0 Å². The van der Waals surface area contributed by atoms with E-state index >= 15 is 0 Å². The van der Waals surface area contributed by atoms with Crippen LogP contribution >= 0.6 is 15.9 Å². The molecule has 4 heteroatoms. The van der Waals surface area contributed by atoms with Gasteiger partial charge in [-0.25, -0.2) is 0 Å². The number of nitrogens with zero attached hydrogens (tertiary/aromatic N) is 2. The highest BCUT2D eigenvalue weighted by Crippen LogP contribution is 2.37. The van der Waals surface area contributed by atoms with Gasteiger partial charge in [-0.15, -0.1) is 0 Å². The third-order valence-electron chi connectivity index (χ3n) is 3.63. The molecule has 0 N–H and O–H groups in total. The summed E-state index contributed by atoms with van der Waals surface area (Å²) in [7, 11) is 0. The lowest BCUT2D eigenvalue weighted by Gasteiger charge is -2.10. The monoisotopic (exact) mass is 298 g/mol. The first kappa shape index (κ1) is 12.8. The molecule has 0 aromatic carbocycles. The van der Waals surface area contributed by atoms with E-state index < -0.39 is 0 Å². The fraction of sp³-hybridized carbons (Fsp3) is 0.692. The fourth-order valence-electron chi connectivity index (χ4n) is 2.22. The molecular formula is C13H19BrN2O. The fourth-order valence-corrected chi connectivity index (χ4v) is 2.65. The van der Waals surface area contributed by atoms with Crippen molar-refractivity contribution >= 4 is 21.7 Å². The molecule has 1 unspecified atom stereocenters. The molecule has 1 aliphatic rings. The molecule has 17 heavy (non-hydrogen) atoms. The topological polar surface area (TPSA) is 34.9 Å². The van der Waals surface area contributed by atoms with E-state index in [1.54, 1.807) is 0 Å². The summed E-state index contributed by atoms with van der Waals surface area (Å²) in [6.07, 6.45) is 2.95. The molecule has 1 fully saturated rings. The Bertz CT molecular complexity index is 435. The van der Waals surface area contributed by atoms with Gasteiger partial charge in [0.2, 0.25) is 0 Å². The zero-order valence-corrected chi connectivity index (χ0v) is 12.2. The predicted octanol–water partition coefficient (Wildman–Crippen LogP) is 3.13. The van der Waals surface area contributed by atoms with Gasteiger partial charge in [-0.1, -0.05) is 6.92 Å². The van der Waals surface area contributed by atoms with Crippen LogP contribution in [0.25, 0.3) is 0 Å². The zero-order valence-electron chi connectivity index (χ0n) is 10.7. The first-order chi connectivity index (χ1) is 8.04. The molecule has 0 aliphatic heterocycles. The Hall–Kier alpha value is -0.640. The summed E-state index contributed by atoms with van der Waals surface area (Å²) in [4.78, 5) is 12.2. The van der Waals surface area contributed by atoms with Crippen LogP contribution in [-0.4, -0.2) is 15.6 Å². The summed E-state index contributed by atoms with van der Waals surface area (Å²) in [5, 5.41) is 4.42. The van der Waals surface area contributed by atoms with Crippen LogP contribution < -0.4 is 0 Å². The summed E-state index contributed by atoms with van der Waals surface area (Å²) < 4.78 is 2.92. The van der Waals surface area contributed by atoms with Gasteiger partial charge in [0.05, 0.1) is 15.9 Å². The highest BCUT2D eigenvalue weighted by Gasteiger charge is 2.33. The van der Waals surface area contributed by atoms with Crippen LogP contribution in [0.1, 0.15) is 38.1 Å². The summed E-state index contributed by atoms with van der Waals surface area (Å²) in [6, 6.07) is 0. The van der Waals surface area contributed by atoms with Gasteiger partial charge in [-0.3, -0.25) is 9.48 Å². The number of halogens is 1. The molecule has 0 spiro atoms. The lowest BCUT2D eigenvalue weighted by molar-refractivity contribution is -0.122. The molecule has 1 aromatic heterocycles. The number of rotatable bonds is 5.